The van der Waals surface area contributed by atoms with Crippen molar-refractivity contribution in [1.29, 1.82) is 0 Å². The van der Waals surface area contributed by atoms with Gasteiger partial charge in [0.05, 0.1) is 28.1 Å². The number of hydrogen-bond donors (Lipinski definition) is 0. The molecule has 0 radical (unpaired) electrons. The molecule has 0 amide bonds. The molecule has 6 nitrogen and oxygen atoms in total. The monoisotopic (exact) mass is 590 g/mol. The van der Waals surface area contributed by atoms with Crippen LogP contribution in [0.2, 0.25) is 0 Å². The molecule has 45 heavy (non-hydrogen) atoms. The van der Waals surface area contributed by atoms with Crippen LogP contribution in [0.1, 0.15) is 29.4 Å². The second-order valence-corrected chi connectivity index (χ2v) is 11.5. The normalized spacial score (nSPS) is 14.1. The minimum Gasteiger partial charge on any atom is -0.310 e. The molecule has 1 aliphatic heterocycles. The zero-order valence-electron chi connectivity index (χ0n) is 28.0. The summed E-state index contributed by atoms with van der Waals surface area (Å²) in [6, 6.07) is 44.7. The molecule has 0 aliphatic carbocycles. The number of benzene rings is 5. The third-order valence-corrected chi connectivity index (χ3v) is 8.40. The van der Waals surface area contributed by atoms with E-state index < -0.39 is 6.98 Å². The van der Waals surface area contributed by atoms with Crippen LogP contribution in [-0.2, 0) is 4.94 Å². The van der Waals surface area contributed by atoms with Crippen molar-refractivity contribution in [3.8, 4) is 5.82 Å². The van der Waals surface area contributed by atoms with Crippen LogP contribution in [0.3, 0.4) is 0 Å². The molecular weight excluding hydrogens is 554 g/mol. The molecule has 0 fully saturated rings. The number of hydrogen-bond acceptors (Lipinski definition) is 5. The van der Waals surface area contributed by atoms with Crippen LogP contribution in [0.5, 0.6) is 0 Å². The molecule has 8 rings (SSSR count). The minimum absolute atomic E-state index is 0.370. The Bertz CT molecular complexity index is 2280. The van der Waals surface area contributed by atoms with Crippen molar-refractivity contribution in [3.05, 3.63) is 145 Å². The first-order valence-corrected chi connectivity index (χ1v) is 15.1. The molecule has 0 unspecified atom stereocenters. The van der Waals surface area contributed by atoms with Crippen molar-refractivity contribution in [2.75, 3.05) is 22.0 Å². The van der Waals surface area contributed by atoms with E-state index in [0.717, 1.165) is 49.7 Å². The summed E-state index contributed by atoms with van der Waals surface area (Å²) in [5, 5.41) is 4.86. The van der Waals surface area contributed by atoms with Crippen molar-refractivity contribution in [2.45, 2.75) is 19.8 Å². The molecule has 6 heteroatoms. The highest BCUT2D eigenvalue weighted by Gasteiger charge is 2.27. The number of fused-ring (bicyclic) bond motifs is 4. The Balaban J connectivity index is 1.30. The van der Waals surface area contributed by atoms with Gasteiger partial charge in [0.2, 0.25) is 0 Å². The molecule has 220 valence electrons. The first kappa shape index (κ1) is 23.8. The van der Waals surface area contributed by atoms with Gasteiger partial charge in [-0.1, -0.05) is 74.5 Å². The number of aromatic nitrogens is 2. The maximum Gasteiger partial charge on any atom is 0.137 e. The van der Waals surface area contributed by atoms with Gasteiger partial charge in [0.25, 0.3) is 0 Å². The van der Waals surface area contributed by atoms with Crippen LogP contribution < -0.4 is 15.0 Å². The smallest absolute Gasteiger partial charge is 0.137 e. The van der Waals surface area contributed by atoms with Crippen molar-refractivity contribution >= 4 is 55.9 Å². The maximum absolute atomic E-state index is 8.06. The van der Waals surface area contributed by atoms with Gasteiger partial charge in [-0.2, -0.15) is 5.06 Å². The van der Waals surface area contributed by atoms with Crippen molar-refractivity contribution in [2.24, 2.45) is 0 Å². The highest BCUT2D eigenvalue weighted by molar-refractivity contribution is 6.10. The zero-order chi connectivity index (χ0) is 33.0. The van der Waals surface area contributed by atoms with Crippen molar-refractivity contribution in [1.82, 2.24) is 9.55 Å². The Morgan fingerprint density at radius 3 is 2.24 bits per heavy atom. The Hall–Kier alpha value is -5.59. The summed E-state index contributed by atoms with van der Waals surface area (Å²) in [6.45, 7) is 1.92. The van der Waals surface area contributed by atoms with Crippen LogP contribution in [0.25, 0.3) is 27.6 Å². The molecule has 2 aromatic heterocycles. The number of pyridine rings is 1. The largest absolute Gasteiger partial charge is 0.310 e. The minimum atomic E-state index is -2.48. The van der Waals surface area contributed by atoms with Crippen LogP contribution in [0.15, 0.2) is 140 Å². The van der Waals surface area contributed by atoms with Crippen molar-refractivity contribution in [3.63, 3.8) is 0 Å². The van der Waals surface area contributed by atoms with E-state index >= 15 is 0 Å². The lowest BCUT2D eigenvalue weighted by atomic mass is 10.1. The molecule has 5 aromatic carbocycles. The van der Waals surface area contributed by atoms with E-state index in [1.54, 1.807) is 11.1 Å². The Morgan fingerprint density at radius 2 is 1.40 bits per heavy atom. The molecule has 7 aromatic rings. The second kappa shape index (κ2) is 10.8. The van der Waals surface area contributed by atoms with Gasteiger partial charge in [0.1, 0.15) is 5.82 Å². The lowest BCUT2D eigenvalue weighted by Gasteiger charge is -2.27. The van der Waals surface area contributed by atoms with Gasteiger partial charge < -0.3 is 4.90 Å². The predicted octanol–water partition coefficient (Wildman–Crippen LogP) is 10.2. The fraction of sp³-hybridized carbons (Fsp3) is 0.103. The summed E-state index contributed by atoms with van der Waals surface area (Å²) < 4.78 is 26.4. The van der Waals surface area contributed by atoms with Crippen LogP contribution in [0.4, 0.5) is 34.1 Å². The van der Waals surface area contributed by atoms with Gasteiger partial charge >= 0.3 is 0 Å². The van der Waals surface area contributed by atoms with Gasteiger partial charge in [-0.15, -0.1) is 4.94 Å². The van der Waals surface area contributed by atoms with E-state index in [4.69, 9.17) is 14.0 Å². The third kappa shape index (κ3) is 4.58. The second-order valence-electron chi connectivity index (χ2n) is 11.5. The highest BCUT2D eigenvalue weighted by atomic mass is 16.8. The summed E-state index contributed by atoms with van der Waals surface area (Å²) in [5.41, 5.74) is 8.01. The Morgan fingerprint density at radius 1 is 0.667 bits per heavy atom. The SMILES string of the molecule is [2H]C([2H])([2H])N1ON(c2cccc(N(c3ccccc3)c3ccc4c5ccccc5n(-c5cc(C(C)C)ccn5)c4c3)c2)c2ccccc21. The van der Waals surface area contributed by atoms with Gasteiger partial charge in [0, 0.05) is 45.1 Å². The quantitative estimate of drug-likeness (QED) is 0.193. The van der Waals surface area contributed by atoms with Crippen LogP contribution >= 0.6 is 0 Å². The highest BCUT2D eigenvalue weighted by Crippen LogP contribution is 2.44. The summed E-state index contributed by atoms with van der Waals surface area (Å²) in [5.74, 6) is 1.25. The fourth-order valence-corrected chi connectivity index (χ4v) is 6.21. The van der Waals surface area contributed by atoms with E-state index in [-0.39, 0.29) is 0 Å². The van der Waals surface area contributed by atoms with Crippen molar-refractivity contribution < 1.29 is 9.05 Å². The molecule has 0 saturated heterocycles. The summed E-state index contributed by atoms with van der Waals surface area (Å²) >= 11 is 0. The van der Waals surface area contributed by atoms with Gasteiger partial charge in [-0.05, 0) is 84.3 Å². The van der Waals surface area contributed by atoms with E-state index in [1.807, 2.05) is 66.9 Å². The van der Waals surface area contributed by atoms with Crippen LogP contribution in [0, 0.1) is 0 Å². The van der Waals surface area contributed by atoms with Gasteiger partial charge in [-0.25, -0.2) is 10.0 Å². The lowest BCUT2D eigenvalue weighted by molar-refractivity contribution is 0.142. The summed E-state index contributed by atoms with van der Waals surface area (Å²) in [6.07, 6.45) is 1.89. The number of rotatable bonds is 6. The van der Waals surface area contributed by atoms with E-state index in [9.17, 15) is 0 Å². The maximum atomic E-state index is 8.06. The van der Waals surface area contributed by atoms with Gasteiger partial charge in [-0.3, -0.25) is 4.57 Å². The predicted molar refractivity (Wildman–Crippen MR) is 185 cm³/mol. The lowest BCUT2D eigenvalue weighted by Crippen LogP contribution is -2.21. The molecule has 0 atom stereocenters. The van der Waals surface area contributed by atoms with E-state index in [2.05, 4.69) is 90.0 Å². The van der Waals surface area contributed by atoms with E-state index in [1.165, 1.54) is 5.56 Å². The first-order valence-electron chi connectivity index (χ1n) is 16.6. The molecule has 1 aliphatic rings. The number of nitrogens with zero attached hydrogens (tertiary/aromatic N) is 5. The average molecular weight is 591 g/mol. The Labute approximate surface area is 267 Å². The number of anilines is 6. The fourth-order valence-electron chi connectivity index (χ4n) is 6.21. The molecule has 3 heterocycles. The molecule has 0 N–H and O–H groups in total. The van der Waals surface area contributed by atoms with Gasteiger partial charge in [0.15, 0.2) is 0 Å². The molecular formula is C39H33N5O. The molecule has 0 bridgehead atoms. The Kier molecular flexibility index (Phi) is 5.74. The standard InChI is InChI=1S/C39H33N5O/c1-27(2)28-22-23-40-39(24-28)43-35-17-8-7-16-33(35)34-21-20-31(26-38(34)43)42(29-12-5-4-6-13-29)30-14-11-15-32(25-30)44-37-19-10-9-18-36(37)41(3)45-44/h4-27H,1-3H3/i3D3. The summed E-state index contributed by atoms with van der Waals surface area (Å²) in [4.78, 5) is 13.0. The number of para-hydroxylation sites is 4. The zero-order valence-corrected chi connectivity index (χ0v) is 25.0. The molecule has 0 saturated carbocycles. The molecule has 0 spiro atoms. The van der Waals surface area contributed by atoms with E-state index in [0.29, 0.717) is 23.0 Å². The first-order chi connectivity index (χ1) is 23.3. The topological polar surface area (TPSA) is 36.8 Å². The summed E-state index contributed by atoms with van der Waals surface area (Å²) in [7, 11) is 0. The average Bonchev–Trinajstić information content (AvgIpc) is 3.66. The third-order valence-electron chi connectivity index (χ3n) is 8.40. The van der Waals surface area contributed by atoms with Crippen LogP contribution in [-0.4, -0.2) is 16.5 Å². The number of hydroxylamine groups is 1.